The van der Waals surface area contributed by atoms with Crippen LogP contribution in [0.2, 0.25) is 10.0 Å². The van der Waals surface area contributed by atoms with Gasteiger partial charge in [-0.25, -0.2) is 0 Å². The first-order valence-corrected chi connectivity index (χ1v) is 11.7. The molecule has 3 heterocycles. The zero-order valence-corrected chi connectivity index (χ0v) is 20.5. The van der Waals surface area contributed by atoms with E-state index in [1.165, 1.54) is 5.56 Å². The molecule has 0 bridgehead atoms. The van der Waals surface area contributed by atoms with E-state index in [9.17, 15) is 0 Å². The summed E-state index contributed by atoms with van der Waals surface area (Å²) in [5.74, 6) is 0. The number of aryl methyl sites for hydroxylation is 1. The number of rotatable bonds is 5. The fraction of sp³-hybridized carbons (Fsp3) is 0.348. The van der Waals surface area contributed by atoms with Crippen LogP contribution in [0.4, 0.5) is 5.69 Å². The highest BCUT2D eigenvalue weighted by Crippen LogP contribution is 2.25. The molecular weight excluding hydrogens is 463 g/mol. The molecule has 0 radical (unpaired) electrons. The van der Waals surface area contributed by atoms with Gasteiger partial charge in [0.15, 0.2) is 5.11 Å². The summed E-state index contributed by atoms with van der Waals surface area (Å²) in [6.07, 6.45) is 3.74. The van der Waals surface area contributed by atoms with Gasteiger partial charge in [-0.05, 0) is 55.4 Å². The quantitative estimate of drug-likeness (QED) is 0.522. The van der Waals surface area contributed by atoms with Gasteiger partial charge in [-0.2, -0.15) is 5.10 Å². The summed E-state index contributed by atoms with van der Waals surface area (Å²) in [4.78, 5) is 8.86. The van der Waals surface area contributed by atoms with Gasteiger partial charge in [0.25, 0.3) is 0 Å². The second kappa shape index (κ2) is 10.2. The lowest BCUT2D eigenvalue weighted by atomic mass is 10.2. The van der Waals surface area contributed by atoms with E-state index in [1.807, 2.05) is 49.1 Å². The number of nitrogens with zero attached hydrogens (tertiary/aromatic N) is 5. The Bertz CT molecular complexity index is 1090. The molecule has 1 aliphatic heterocycles. The topological polar surface area (TPSA) is 49.2 Å². The lowest BCUT2D eigenvalue weighted by Crippen LogP contribution is -2.49. The number of aromatic nitrogens is 3. The van der Waals surface area contributed by atoms with Crippen LogP contribution in [0.15, 0.2) is 42.7 Å². The average molecular weight is 489 g/mol. The molecule has 1 aliphatic rings. The molecule has 1 fully saturated rings. The second-order valence-corrected chi connectivity index (χ2v) is 9.22. The second-order valence-electron chi connectivity index (χ2n) is 7.99. The van der Waals surface area contributed by atoms with Crippen LogP contribution in [0.5, 0.6) is 0 Å². The molecule has 1 N–H and O–H groups in total. The molecule has 0 amide bonds. The molecule has 32 heavy (non-hydrogen) atoms. The number of pyridine rings is 1. The number of benzene rings is 1. The van der Waals surface area contributed by atoms with Gasteiger partial charge in [-0.1, -0.05) is 35.3 Å². The monoisotopic (exact) mass is 488 g/mol. The van der Waals surface area contributed by atoms with E-state index in [0.29, 0.717) is 16.6 Å². The van der Waals surface area contributed by atoms with E-state index in [1.54, 1.807) is 6.07 Å². The van der Waals surface area contributed by atoms with E-state index < -0.39 is 0 Å². The lowest BCUT2D eigenvalue weighted by molar-refractivity contribution is 0.177. The Hall–Kier alpha value is -2.19. The smallest absolute Gasteiger partial charge is 0.173 e. The summed E-state index contributed by atoms with van der Waals surface area (Å²) >= 11 is 18.1. The third kappa shape index (κ3) is 5.41. The molecular formula is C23H26Cl2N6S. The number of piperazine rings is 1. The predicted octanol–water partition coefficient (Wildman–Crippen LogP) is 4.76. The van der Waals surface area contributed by atoms with Crippen molar-refractivity contribution in [3.05, 3.63) is 75.3 Å². The predicted molar refractivity (Wildman–Crippen MR) is 135 cm³/mol. The molecule has 0 aliphatic carbocycles. The van der Waals surface area contributed by atoms with Crippen molar-refractivity contribution in [1.82, 2.24) is 24.6 Å². The number of nitrogens with one attached hydrogen (secondary N) is 1. The Morgan fingerprint density at radius 2 is 1.88 bits per heavy atom. The Labute approximate surface area is 204 Å². The first-order chi connectivity index (χ1) is 15.4. The summed E-state index contributed by atoms with van der Waals surface area (Å²) in [6.45, 7) is 9.22. The molecule has 1 saturated heterocycles. The molecule has 0 spiro atoms. The van der Waals surface area contributed by atoms with Gasteiger partial charge in [0.1, 0.15) is 0 Å². The van der Waals surface area contributed by atoms with Gasteiger partial charge in [0.05, 0.1) is 23.6 Å². The maximum atomic E-state index is 6.35. The van der Waals surface area contributed by atoms with Crippen molar-refractivity contribution in [3.8, 4) is 0 Å². The Balaban J connectivity index is 1.36. The Morgan fingerprint density at radius 1 is 1.09 bits per heavy atom. The van der Waals surface area contributed by atoms with Crippen molar-refractivity contribution in [2.45, 2.75) is 26.9 Å². The van der Waals surface area contributed by atoms with Crippen LogP contribution in [0, 0.1) is 13.8 Å². The molecule has 0 unspecified atom stereocenters. The minimum atomic E-state index is 0.574. The van der Waals surface area contributed by atoms with E-state index in [4.69, 9.17) is 40.5 Å². The Morgan fingerprint density at radius 3 is 2.56 bits per heavy atom. The first-order valence-electron chi connectivity index (χ1n) is 10.6. The molecule has 0 atom stereocenters. The average Bonchev–Trinajstić information content (AvgIpc) is 3.04. The Kier molecular flexibility index (Phi) is 7.30. The summed E-state index contributed by atoms with van der Waals surface area (Å²) < 4.78 is 1.95. The van der Waals surface area contributed by atoms with Crippen molar-refractivity contribution in [1.29, 1.82) is 0 Å². The van der Waals surface area contributed by atoms with Gasteiger partial charge in [0, 0.05) is 55.2 Å². The molecule has 3 aromatic rings. The van der Waals surface area contributed by atoms with Gasteiger partial charge in [0.2, 0.25) is 0 Å². The van der Waals surface area contributed by atoms with Gasteiger partial charge < -0.3 is 10.2 Å². The van der Waals surface area contributed by atoms with Crippen molar-refractivity contribution >= 4 is 46.2 Å². The fourth-order valence-electron chi connectivity index (χ4n) is 3.89. The number of anilines is 1. The lowest BCUT2D eigenvalue weighted by Gasteiger charge is -2.36. The maximum absolute atomic E-state index is 6.35. The third-order valence-corrected chi connectivity index (χ3v) is 6.68. The molecule has 4 rings (SSSR count). The molecule has 9 heteroatoms. The number of hydrogen-bond acceptors (Lipinski definition) is 4. The molecule has 2 aromatic heterocycles. The maximum Gasteiger partial charge on any atom is 0.173 e. The normalized spacial score (nSPS) is 14.6. The van der Waals surface area contributed by atoms with Crippen LogP contribution in [0.25, 0.3) is 0 Å². The summed E-state index contributed by atoms with van der Waals surface area (Å²) in [6, 6.07) is 9.63. The molecule has 6 nitrogen and oxygen atoms in total. The van der Waals surface area contributed by atoms with E-state index >= 15 is 0 Å². The minimum absolute atomic E-state index is 0.574. The molecule has 0 saturated carbocycles. The van der Waals surface area contributed by atoms with Crippen LogP contribution in [-0.4, -0.2) is 55.9 Å². The van der Waals surface area contributed by atoms with Crippen LogP contribution >= 0.6 is 35.4 Å². The minimum Gasteiger partial charge on any atom is -0.346 e. The largest absolute Gasteiger partial charge is 0.346 e. The summed E-state index contributed by atoms with van der Waals surface area (Å²) in [5.41, 5.74) is 5.09. The van der Waals surface area contributed by atoms with Gasteiger partial charge in [-0.15, -0.1) is 0 Å². The third-order valence-electron chi connectivity index (χ3n) is 5.74. The zero-order valence-electron chi connectivity index (χ0n) is 18.2. The highest BCUT2D eigenvalue weighted by molar-refractivity contribution is 7.80. The van der Waals surface area contributed by atoms with E-state index in [-0.39, 0.29) is 0 Å². The summed E-state index contributed by atoms with van der Waals surface area (Å²) in [5, 5.41) is 10.1. The number of thiocarbonyl (C=S) groups is 1. The SMILES string of the molecule is Cc1nn(Cc2ccc(Cl)cc2Cl)c(C)c1NC(=S)N1CCN(Cc2cccnc2)CC1. The first kappa shape index (κ1) is 23.0. The van der Waals surface area contributed by atoms with E-state index in [0.717, 1.165) is 60.5 Å². The molecule has 168 valence electrons. The van der Waals surface area contributed by atoms with Crippen molar-refractivity contribution in [2.75, 3.05) is 31.5 Å². The number of hydrogen-bond donors (Lipinski definition) is 1. The van der Waals surface area contributed by atoms with E-state index in [2.05, 4.69) is 26.2 Å². The van der Waals surface area contributed by atoms with Crippen LogP contribution in [0.3, 0.4) is 0 Å². The fourth-order valence-corrected chi connectivity index (χ4v) is 4.64. The van der Waals surface area contributed by atoms with Gasteiger partial charge >= 0.3 is 0 Å². The van der Waals surface area contributed by atoms with Crippen molar-refractivity contribution in [2.24, 2.45) is 0 Å². The highest BCUT2D eigenvalue weighted by atomic mass is 35.5. The summed E-state index contributed by atoms with van der Waals surface area (Å²) in [7, 11) is 0. The molecule has 1 aromatic carbocycles. The standard InChI is InChI=1S/C23H26Cl2N6S/c1-16-22(17(2)31(28-16)15-19-5-6-20(24)12-21(19)25)27-23(32)30-10-8-29(9-11-30)14-18-4-3-7-26-13-18/h3-7,12-13H,8-11,14-15H2,1-2H3,(H,27,32). The number of halogens is 2. The highest BCUT2D eigenvalue weighted by Gasteiger charge is 2.21. The van der Waals surface area contributed by atoms with Gasteiger partial charge in [-0.3, -0.25) is 14.6 Å². The van der Waals surface area contributed by atoms with Crippen molar-refractivity contribution < 1.29 is 0 Å². The van der Waals surface area contributed by atoms with Crippen LogP contribution in [-0.2, 0) is 13.1 Å². The van der Waals surface area contributed by atoms with Crippen LogP contribution < -0.4 is 5.32 Å². The van der Waals surface area contributed by atoms with Crippen LogP contribution in [0.1, 0.15) is 22.5 Å². The van der Waals surface area contributed by atoms with Crippen molar-refractivity contribution in [3.63, 3.8) is 0 Å². The zero-order chi connectivity index (χ0) is 22.7.